The molecule has 0 saturated heterocycles. The van der Waals surface area contributed by atoms with Crippen molar-refractivity contribution < 1.29 is 0 Å². The van der Waals surface area contributed by atoms with Crippen molar-refractivity contribution in [2.45, 2.75) is 33.1 Å². The Morgan fingerprint density at radius 3 is 1.36 bits per heavy atom. The first-order valence-electron chi connectivity index (χ1n) is 24.6. The van der Waals surface area contributed by atoms with Crippen LogP contribution in [0.2, 0.25) is 0 Å². The molecule has 0 bridgehead atoms. The second-order valence-electron chi connectivity index (χ2n) is 18.1. The number of aromatic amines is 1. The van der Waals surface area contributed by atoms with E-state index in [1.165, 1.54) is 128 Å². The van der Waals surface area contributed by atoms with E-state index in [4.69, 9.17) is 5.26 Å². The third-order valence-electron chi connectivity index (χ3n) is 13.8. The molecule has 2 aromatic heterocycles. The molecule has 0 saturated carbocycles. The lowest BCUT2D eigenvalue weighted by Gasteiger charge is -2.12. The number of H-pyrrole nitrogens is 1. The van der Waals surface area contributed by atoms with Crippen molar-refractivity contribution >= 4 is 124 Å². The number of nitriles is 2. The van der Waals surface area contributed by atoms with Crippen LogP contribution in [0.25, 0.3) is 114 Å². The molecule has 14 aromatic rings. The first-order chi connectivity index (χ1) is 35.5. The number of benzene rings is 12. The lowest BCUT2D eigenvalue weighted by molar-refractivity contribution is 0.772. The molecule has 0 atom stereocenters. The van der Waals surface area contributed by atoms with Crippen molar-refractivity contribution in [2.24, 2.45) is 0 Å². The summed E-state index contributed by atoms with van der Waals surface area (Å²) in [7, 11) is 0. The molecule has 5 heteroatoms. The molecule has 0 unspecified atom stereocenters. The molecule has 0 aliphatic rings. The summed E-state index contributed by atoms with van der Waals surface area (Å²) < 4.78 is 3.39. The van der Waals surface area contributed by atoms with Gasteiger partial charge in [0.2, 0.25) is 0 Å². The standard InChI is InChI=1S/C31H18N2.C24H15N.C7H4BrN.C5H12/c32-19-20-13-16-22(17-14-20)33-30-23-8-2-1-7-21(23)15-18-28(30)29-26-11-5-3-9-24(26)25-10-4-6-12-27(25)31(29)33;1-2-8-16-15(7-1)13-14-21-22-19-11-5-3-9-17(19)18-10-4-6-12-20(18)24(22)25-23(16)21;8-7-3-1-6(5-9)2-4-7;1-3-5-4-2/h1-18H;1-14,25H;1-4H;3-5H2,1-2H3. The Bertz CT molecular complexity index is 4410. The minimum absolute atomic E-state index is 0.666. The minimum Gasteiger partial charge on any atom is -0.353 e. The predicted octanol–water partition coefficient (Wildman–Crippen LogP) is 19.4. The van der Waals surface area contributed by atoms with Gasteiger partial charge in [0.15, 0.2) is 0 Å². The van der Waals surface area contributed by atoms with Gasteiger partial charge in [-0.05, 0) is 91.6 Å². The molecule has 0 aliphatic carbocycles. The van der Waals surface area contributed by atoms with Crippen LogP contribution in [-0.4, -0.2) is 9.55 Å². The lowest BCUT2D eigenvalue weighted by Crippen LogP contribution is -1.95. The maximum atomic E-state index is 9.35. The van der Waals surface area contributed by atoms with Crippen molar-refractivity contribution in [3.8, 4) is 17.8 Å². The number of rotatable bonds is 3. The van der Waals surface area contributed by atoms with Crippen LogP contribution in [0.15, 0.2) is 223 Å². The highest BCUT2D eigenvalue weighted by Crippen LogP contribution is 2.45. The molecule has 344 valence electrons. The van der Waals surface area contributed by atoms with Crippen molar-refractivity contribution in [3.05, 3.63) is 234 Å². The van der Waals surface area contributed by atoms with Gasteiger partial charge < -0.3 is 9.55 Å². The van der Waals surface area contributed by atoms with Gasteiger partial charge in [0.1, 0.15) is 0 Å². The average molecular weight is 990 g/mol. The normalized spacial score (nSPS) is 11.1. The molecule has 2 heterocycles. The number of unbranched alkanes of at least 4 members (excludes halogenated alkanes) is 2. The molecule has 0 fully saturated rings. The van der Waals surface area contributed by atoms with E-state index in [2.05, 4.69) is 227 Å². The summed E-state index contributed by atoms with van der Waals surface area (Å²) in [6.07, 6.45) is 4.08. The van der Waals surface area contributed by atoms with E-state index >= 15 is 0 Å². The van der Waals surface area contributed by atoms with Crippen LogP contribution < -0.4 is 0 Å². The molecule has 4 nitrogen and oxygen atoms in total. The van der Waals surface area contributed by atoms with Gasteiger partial charge in [-0.25, -0.2) is 0 Å². The second kappa shape index (κ2) is 19.9. The molecule has 12 aromatic carbocycles. The molecule has 1 N–H and O–H groups in total. The third kappa shape index (κ3) is 8.15. The maximum absolute atomic E-state index is 9.35. The molecule has 0 spiro atoms. The number of nitrogens with one attached hydrogen (secondary N) is 1. The maximum Gasteiger partial charge on any atom is 0.0991 e. The van der Waals surface area contributed by atoms with Crippen LogP contribution in [0, 0.1) is 22.7 Å². The van der Waals surface area contributed by atoms with Crippen LogP contribution in [0.1, 0.15) is 44.2 Å². The summed E-state index contributed by atoms with van der Waals surface area (Å²) in [5.41, 5.74) is 7.30. The highest BCUT2D eigenvalue weighted by Gasteiger charge is 2.20. The number of aromatic nitrogens is 2. The van der Waals surface area contributed by atoms with Crippen LogP contribution >= 0.6 is 15.9 Å². The van der Waals surface area contributed by atoms with E-state index in [-0.39, 0.29) is 0 Å². The zero-order chi connectivity index (χ0) is 49.1. The highest BCUT2D eigenvalue weighted by atomic mass is 79.9. The molecular formula is C67H49BrN4. The van der Waals surface area contributed by atoms with E-state index in [1.807, 2.05) is 30.3 Å². The van der Waals surface area contributed by atoms with Crippen LogP contribution in [-0.2, 0) is 0 Å². The molecule has 0 radical (unpaired) electrons. The van der Waals surface area contributed by atoms with Gasteiger partial charge in [-0.3, -0.25) is 0 Å². The molecule has 14 rings (SSSR count). The number of halogens is 1. The van der Waals surface area contributed by atoms with E-state index in [1.54, 1.807) is 12.1 Å². The monoisotopic (exact) mass is 988 g/mol. The Kier molecular flexibility index (Phi) is 12.7. The Morgan fingerprint density at radius 2 is 0.806 bits per heavy atom. The van der Waals surface area contributed by atoms with Gasteiger partial charge in [0.05, 0.1) is 45.3 Å². The summed E-state index contributed by atoms with van der Waals surface area (Å²) in [6, 6.07) is 80.4. The summed E-state index contributed by atoms with van der Waals surface area (Å²) in [5, 5.41) is 38.1. The topological polar surface area (TPSA) is 68.3 Å². The molecule has 72 heavy (non-hydrogen) atoms. The minimum atomic E-state index is 0.666. The van der Waals surface area contributed by atoms with Crippen molar-refractivity contribution in [1.29, 1.82) is 10.5 Å². The smallest absolute Gasteiger partial charge is 0.0991 e. The predicted molar refractivity (Wildman–Crippen MR) is 310 cm³/mol. The highest BCUT2D eigenvalue weighted by molar-refractivity contribution is 9.10. The first-order valence-corrected chi connectivity index (χ1v) is 25.4. The van der Waals surface area contributed by atoms with Crippen molar-refractivity contribution in [3.63, 3.8) is 0 Å². The molecular weight excluding hydrogens is 941 g/mol. The number of hydrogen-bond acceptors (Lipinski definition) is 2. The van der Waals surface area contributed by atoms with Crippen LogP contribution in [0.4, 0.5) is 0 Å². The van der Waals surface area contributed by atoms with Gasteiger partial charge in [-0.2, -0.15) is 10.5 Å². The lowest BCUT2D eigenvalue weighted by atomic mass is 9.96. The fourth-order valence-electron chi connectivity index (χ4n) is 10.5. The number of nitrogens with zero attached hydrogens (tertiary/aromatic N) is 3. The Morgan fingerprint density at radius 1 is 0.375 bits per heavy atom. The SMILES string of the molecule is CCCCC.N#Cc1ccc(-n2c3c4ccccc4ccc3c3c4ccccc4c4ccccc4c32)cc1.N#Cc1ccc(Br)cc1.c1ccc2c(c1)ccc1c2[nH]c2c3ccccc3c3ccccc3c12. The molecule has 0 aliphatic heterocycles. The zero-order valence-electron chi connectivity index (χ0n) is 40.1. The van der Waals surface area contributed by atoms with E-state index in [9.17, 15) is 5.26 Å². The average Bonchev–Trinajstić information content (AvgIpc) is 4.03. The van der Waals surface area contributed by atoms with Gasteiger partial charge >= 0.3 is 0 Å². The Balaban J connectivity index is 0.000000126. The van der Waals surface area contributed by atoms with Gasteiger partial charge in [-0.1, -0.05) is 219 Å². The summed E-state index contributed by atoms with van der Waals surface area (Å²) in [5.74, 6) is 0. The van der Waals surface area contributed by atoms with Crippen LogP contribution in [0.5, 0.6) is 0 Å². The van der Waals surface area contributed by atoms with Crippen molar-refractivity contribution in [2.75, 3.05) is 0 Å². The van der Waals surface area contributed by atoms with E-state index in [0.29, 0.717) is 11.1 Å². The summed E-state index contributed by atoms with van der Waals surface area (Å²) in [4.78, 5) is 3.76. The van der Waals surface area contributed by atoms with E-state index < -0.39 is 0 Å². The van der Waals surface area contributed by atoms with Gasteiger partial charge in [0, 0.05) is 53.2 Å². The number of hydrogen-bond donors (Lipinski definition) is 1. The largest absolute Gasteiger partial charge is 0.353 e. The fourth-order valence-corrected chi connectivity index (χ4v) is 10.8. The summed E-state index contributed by atoms with van der Waals surface area (Å²) in [6.45, 7) is 4.42. The number of fused-ring (bicyclic) bond motifs is 20. The van der Waals surface area contributed by atoms with Gasteiger partial charge in [-0.15, -0.1) is 0 Å². The summed E-state index contributed by atoms with van der Waals surface area (Å²) >= 11 is 3.27. The Labute approximate surface area is 426 Å². The zero-order valence-corrected chi connectivity index (χ0v) is 41.7. The first kappa shape index (κ1) is 45.7. The van der Waals surface area contributed by atoms with Gasteiger partial charge in [0.25, 0.3) is 0 Å². The molecule has 0 amide bonds. The fraction of sp³-hybridized carbons (Fsp3) is 0.0746. The quantitative estimate of drug-likeness (QED) is 0.179. The Hall–Kier alpha value is -8.74. The van der Waals surface area contributed by atoms with E-state index in [0.717, 1.165) is 10.2 Å². The second-order valence-corrected chi connectivity index (χ2v) is 19.1. The van der Waals surface area contributed by atoms with Crippen LogP contribution in [0.3, 0.4) is 0 Å². The van der Waals surface area contributed by atoms with Crippen molar-refractivity contribution in [1.82, 2.24) is 9.55 Å². The third-order valence-corrected chi connectivity index (χ3v) is 14.4.